The van der Waals surface area contributed by atoms with Gasteiger partial charge < -0.3 is 11.5 Å². The molecule has 0 saturated heterocycles. The van der Waals surface area contributed by atoms with E-state index in [9.17, 15) is 0 Å². The van der Waals surface area contributed by atoms with E-state index in [4.69, 9.17) is 5.73 Å². The minimum atomic E-state index is 0.861. The number of hydrogen-bond acceptors (Lipinski definition) is 2. The van der Waals surface area contributed by atoms with E-state index < -0.39 is 0 Å². The first-order valence-corrected chi connectivity index (χ1v) is 4.69. The lowest BCUT2D eigenvalue weighted by molar-refractivity contribution is 0.674. The van der Waals surface area contributed by atoms with Crippen LogP contribution in [0, 0.1) is 0 Å². The number of unbranched alkanes of at least 4 members (excludes halogenated alkanes) is 3. The average Bonchev–Trinajstić information content (AvgIpc) is 2.13. The van der Waals surface area contributed by atoms with Crippen LogP contribution in [0.5, 0.6) is 0 Å². The van der Waals surface area contributed by atoms with E-state index in [1.165, 1.54) is 32.7 Å². The molecule has 0 aromatic rings. The smallest absolute Gasteiger partial charge is 0.00773 e. The molecule has 0 radical (unpaired) electrons. The quantitative estimate of drug-likeness (QED) is 0.622. The van der Waals surface area contributed by atoms with Gasteiger partial charge in [-0.15, -0.1) is 0 Å². The topological polar surface area (TPSA) is 52.0 Å². The second-order valence-electron chi connectivity index (χ2n) is 1.85. The molecular weight excluding hydrogens is 136 g/mol. The van der Waals surface area contributed by atoms with Crippen molar-refractivity contribution in [2.24, 2.45) is 11.5 Å². The monoisotopic (exact) mass is 162 g/mol. The van der Waals surface area contributed by atoms with E-state index in [0.29, 0.717) is 0 Å². The Morgan fingerprint density at radius 3 is 1.64 bits per heavy atom. The fourth-order valence-electron chi connectivity index (χ4n) is 0.571. The minimum absolute atomic E-state index is 0.861. The van der Waals surface area contributed by atoms with Gasteiger partial charge in [-0.3, -0.25) is 0 Å². The molecule has 0 aliphatic heterocycles. The van der Waals surface area contributed by atoms with Crippen LogP contribution in [0.2, 0.25) is 0 Å². The van der Waals surface area contributed by atoms with Gasteiger partial charge in [0.1, 0.15) is 0 Å². The van der Waals surface area contributed by atoms with Crippen LogP contribution in [0.15, 0.2) is 0 Å². The summed E-state index contributed by atoms with van der Waals surface area (Å²) in [7, 11) is 1.50. The highest BCUT2D eigenvalue weighted by Gasteiger charge is 1.80. The molecular formula is C9H26N2. The van der Waals surface area contributed by atoms with E-state index in [1.54, 1.807) is 0 Å². The predicted octanol–water partition coefficient (Wildman–Crippen LogP) is 2.13. The van der Waals surface area contributed by atoms with Gasteiger partial charge in [0.2, 0.25) is 0 Å². The maximum Gasteiger partial charge on any atom is -0.00773 e. The first kappa shape index (κ1) is 17.1. The molecule has 72 valence electrons. The molecule has 2 heteroatoms. The van der Waals surface area contributed by atoms with Gasteiger partial charge in [0, 0.05) is 0 Å². The summed E-state index contributed by atoms with van der Waals surface area (Å²) >= 11 is 0. The number of hydrogen-bond donors (Lipinski definition) is 2. The zero-order valence-electron chi connectivity index (χ0n) is 8.69. The molecule has 0 bridgehead atoms. The summed E-state index contributed by atoms with van der Waals surface area (Å²) in [4.78, 5) is 0. The molecule has 0 aromatic carbocycles. The van der Waals surface area contributed by atoms with Crippen molar-refractivity contribution in [2.75, 3.05) is 13.6 Å². The van der Waals surface area contributed by atoms with Gasteiger partial charge in [-0.25, -0.2) is 0 Å². The number of nitrogens with two attached hydrogens (primary N) is 2. The van der Waals surface area contributed by atoms with Gasteiger partial charge >= 0.3 is 0 Å². The first-order chi connectivity index (χ1) is 5.41. The summed E-state index contributed by atoms with van der Waals surface area (Å²) < 4.78 is 0. The first-order valence-electron chi connectivity index (χ1n) is 4.69. The van der Waals surface area contributed by atoms with Crippen molar-refractivity contribution in [2.45, 2.75) is 46.5 Å². The van der Waals surface area contributed by atoms with E-state index >= 15 is 0 Å². The normalized spacial score (nSPS) is 7.09. The van der Waals surface area contributed by atoms with E-state index in [1.807, 2.05) is 13.8 Å². The van der Waals surface area contributed by atoms with Gasteiger partial charge in [-0.05, 0) is 20.0 Å². The molecule has 0 aliphatic carbocycles. The van der Waals surface area contributed by atoms with E-state index in [0.717, 1.165) is 6.54 Å². The maximum absolute atomic E-state index is 5.27. The van der Waals surface area contributed by atoms with Gasteiger partial charge in [0.25, 0.3) is 0 Å². The third-order valence-corrected chi connectivity index (χ3v) is 1.06. The molecule has 0 rings (SSSR count). The molecule has 4 N–H and O–H groups in total. The molecule has 0 saturated carbocycles. The van der Waals surface area contributed by atoms with Crippen molar-refractivity contribution in [3.05, 3.63) is 0 Å². The Balaban J connectivity index is -0.000000138. The van der Waals surface area contributed by atoms with Gasteiger partial charge in [-0.1, -0.05) is 40.0 Å². The second-order valence-corrected chi connectivity index (χ2v) is 1.85. The van der Waals surface area contributed by atoms with Crippen LogP contribution < -0.4 is 11.5 Å². The Hall–Kier alpha value is -0.0800. The highest BCUT2D eigenvalue weighted by molar-refractivity contribution is 4.38. The Kier molecular flexibility index (Phi) is 50.8. The molecule has 0 fully saturated rings. The second kappa shape index (κ2) is 32.6. The third-order valence-electron chi connectivity index (χ3n) is 1.06. The summed E-state index contributed by atoms with van der Waals surface area (Å²) in [6.07, 6.45) is 5.16. The molecule has 0 amide bonds. The van der Waals surface area contributed by atoms with Crippen LogP contribution in [-0.4, -0.2) is 13.6 Å². The molecule has 0 aliphatic rings. The highest BCUT2D eigenvalue weighted by atomic mass is 14.5. The summed E-state index contributed by atoms with van der Waals surface area (Å²) in [6, 6.07) is 0. The fraction of sp³-hybridized carbons (Fsp3) is 1.00. The summed E-state index contributed by atoms with van der Waals surface area (Å²) in [5, 5.41) is 0. The molecule has 0 atom stereocenters. The zero-order valence-corrected chi connectivity index (χ0v) is 8.69. The highest BCUT2D eigenvalue weighted by Crippen LogP contribution is 1.95. The fourth-order valence-corrected chi connectivity index (χ4v) is 0.571. The zero-order chi connectivity index (χ0) is 9.54. The summed E-state index contributed by atoms with van der Waals surface area (Å²) in [5.74, 6) is 0. The largest absolute Gasteiger partial charge is 0.333 e. The molecule has 11 heavy (non-hydrogen) atoms. The third kappa shape index (κ3) is 40.5. The molecule has 0 heterocycles. The van der Waals surface area contributed by atoms with E-state index in [2.05, 4.69) is 12.7 Å². The Bertz CT molecular complexity index is 26.7. The van der Waals surface area contributed by atoms with Crippen LogP contribution in [0.4, 0.5) is 0 Å². The lowest BCUT2D eigenvalue weighted by atomic mass is 10.2. The van der Waals surface area contributed by atoms with Crippen LogP contribution in [0.25, 0.3) is 0 Å². The van der Waals surface area contributed by atoms with Crippen LogP contribution in [-0.2, 0) is 0 Å². The van der Waals surface area contributed by atoms with Crippen LogP contribution in [0.3, 0.4) is 0 Å². The van der Waals surface area contributed by atoms with Crippen molar-refractivity contribution >= 4 is 0 Å². The van der Waals surface area contributed by atoms with E-state index in [-0.39, 0.29) is 0 Å². The Morgan fingerprint density at radius 1 is 0.909 bits per heavy atom. The van der Waals surface area contributed by atoms with Gasteiger partial charge in [0.05, 0.1) is 0 Å². The maximum atomic E-state index is 5.27. The average molecular weight is 162 g/mol. The van der Waals surface area contributed by atoms with Crippen molar-refractivity contribution in [1.82, 2.24) is 0 Å². The predicted molar refractivity (Wildman–Crippen MR) is 54.7 cm³/mol. The summed E-state index contributed by atoms with van der Waals surface area (Å²) in [6.45, 7) is 7.07. The standard InChI is InChI=1S/C6H15N.C2H6.CH5N/c1-2-3-4-5-6-7;2*1-2/h2-7H2,1H3;1-2H3;2H2,1H3. The van der Waals surface area contributed by atoms with Gasteiger partial charge in [-0.2, -0.15) is 0 Å². The Morgan fingerprint density at radius 2 is 1.36 bits per heavy atom. The molecule has 0 unspecified atom stereocenters. The molecule has 2 nitrogen and oxygen atoms in total. The van der Waals surface area contributed by atoms with Crippen molar-refractivity contribution in [3.8, 4) is 0 Å². The SMILES string of the molecule is CC.CCCCCCN.CN. The minimum Gasteiger partial charge on any atom is -0.333 e. The molecule has 0 spiro atoms. The van der Waals surface area contributed by atoms with Crippen molar-refractivity contribution < 1.29 is 0 Å². The molecule has 0 aromatic heterocycles. The van der Waals surface area contributed by atoms with Gasteiger partial charge in [0.15, 0.2) is 0 Å². The number of rotatable bonds is 4. The van der Waals surface area contributed by atoms with Crippen molar-refractivity contribution in [3.63, 3.8) is 0 Å². The summed E-state index contributed by atoms with van der Waals surface area (Å²) in [5.41, 5.74) is 9.77. The lowest BCUT2D eigenvalue weighted by Crippen LogP contribution is -1.97. The lowest BCUT2D eigenvalue weighted by Gasteiger charge is -1.90. The van der Waals surface area contributed by atoms with Crippen LogP contribution >= 0.6 is 0 Å². The Labute approximate surface area is 72.4 Å². The van der Waals surface area contributed by atoms with Crippen LogP contribution in [0.1, 0.15) is 46.5 Å². The van der Waals surface area contributed by atoms with Crippen molar-refractivity contribution in [1.29, 1.82) is 0 Å².